The molecule has 128 valence electrons. The number of amides is 2. The molecule has 0 spiro atoms. The van der Waals surface area contributed by atoms with Crippen molar-refractivity contribution in [1.29, 1.82) is 0 Å². The fourth-order valence-corrected chi connectivity index (χ4v) is 2.85. The summed E-state index contributed by atoms with van der Waals surface area (Å²) in [7, 11) is 0. The van der Waals surface area contributed by atoms with Crippen molar-refractivity contribution in [2.45, 2.75) is 39.5 Å². The van der Waals surface area contributed by atoms with E-state index >= 15 is 0 Å². The first-order valence-corrected chi connectivity index (χ1v) is 8.52. The Bertz CT molecular complexity index is 733. The molecule has 2 amide bonds. The second-order valence-electron chi connectivity index (χ2n) is 5.29. The number of unbranched alkanes of at least 4 members (excludes halogenated alkanes) is 2. The molecule has 0 fully saturated rings. The quantitative estimate of drug-likeness (QED) is 0.747. The number of nitrogens with zero attached hydrogens (tertiary/aromatic N) is 2. The Hall–Kier alpha value is -2.35. The fraction of sp³-hybridized carbons (Fsp3) is 0.375. The van der Waals surface area contributed by atoms with Crippen molar-refractivity contribution < 1.29 is 14.0 Å². The predicted octanol–water partition coefficient (Wildman–Crippen LogP) is 3.62. The summed E-state index contributed by atoms with van der Waals surface area (Å²) in [6, 6.07) is 3.82. The van der Waals surface area contributed by atoms with Gasteiger partial charge >= 0.3 is 0 Å². The number of halogens is 1. The van der Waals surface area contributed by atoms with Crippen molar-refractivity contribution in [3.05, 3.63) is 34.6 Å². The monoisotopic (exact) mass is 350 g/mol. The van der Waals surface area contributed by atoms with Gasteiger partial charge in [0.1, 0.15) is 10.8 Å². The SMILES string of the molecule is CCCCCc1nnc(NC(=O)c2cc(NC(C)=O)ccc2F)s1. The molecule has 2 rings (SSSR count). The zero-order chi connectivity index (χ0) is 17.5. The summed E-state index contributed by atoms with van der Waals surface area (Å²) in [5, 5.41) is 14.1. The van der Waals surface area contributed by atoms with Gasteiger partial charge in [-0.15, -0.1) is 10.2 Å². The van der Waals surface area contributed by atoms with Gasteiger partial charge in [-0.2, -0.15) is 0 Å². The molecule has 0 radical (unpaired) electrons. The molecule has 2 N–H and O–H groups in total. The molecule has 0 bridgehead atoms. The highest BCUT2D eigenvalue weighted by atomic mass is 32.1. The van der Waals surface area contributed by atoms with Crippen molar-refractivity contribution in [3.8, 4) is 0 Å². The van der Waals surface area contributed by atoms with E-state index in [9.17, 15) is 14.0 Å². The highest BCUT2D eigenvalue weighted by molar-refractivity contribution is 7.15. The number of aryl methyl sites for hydroxylation is 1. The van der Waals surface area contributed by atoms with E-state index in [0.717, 1.165) is 36.8 Å². The Labute approximate surface area is 143 Å². The Morgan fingerprint density at radius 2 is 2.00 bits per heavy atom. The number of hydrogen-bond acceptors (Lipinski definition) is 5. The topological polar surface area (TPSA) is 84.0 Å². The van der Waals surface area contributed by atoms with E-state index in [4.69, 9.17) is 0 Å². The minimum atomic E-state index is -0.672. The lowest BCUT2D eigenvalue weighted by molar-refractivity contribution is -0.114. The maximum Gasteiger partial charge on any atom is 0.260 e. The van der Waals surface area contributed by atoms with E-state index < -0.39 is 11.7 Å². The highest BCUT2D eigenvalue weighted by Crippen LogP contribution is 2.20. The molecule has 0 saturated carbocycles. The van der Waals surface area contributed by atoms with E-state index in [0.29, 0.717) is 10.8 Å². The average molecular weight is 350 g/mol. The van der Waals surface area contributed by atoms with Crippen LogP contribution < -0.4 is 10.6 Å². The van der Waals surface area contributed by atoms with Crippen LogP contribution in [0.5, 0.6) is 0 Å². The van der Waals surface area contributed by atoms with Crippen LogP contribution in [0.4, 0.5) is 15.2 Å². The maximum absolute atomic E-state index is 13.9. The summed E-state index contributed by atoms with van der Waals surface area (Å²) in [5.41, 5.74) is 0.190. The summed E-state index contributed by atoms with van der Waals surface area (Å²) in [6.07, 6.45) is 4.06. The van der Waals surface area contributed by atoms with E-state index in [-0.39, 0.29) is 11.5 Å². The van der Waals surface area contributed by atoms with Gasteiger partial charge in [0.2, 0.25) is 11.0 Å². The van der Waals surface area contributed by atoms with Crippen molar-refractivity contribution in [2.75, 3.05) is 10.6 Å². The second-order valence-corrected chi connectivity index (χ2v) is 6.35. The van der Waals surface area contributed by atoms with Gasteiger partial charge in [0.15, 0.2) is 0 Å². The lowest BCUT2D eigenvalue weighted by Crippen LogP contribution is -2.15. The van der Waals surface area contributed by atoms with Gasteiger partial charge in [0, 0.05) is 19.0 Å². The minimum absolute atomic E-state index is 0.163. The third-order valence-electron chi connectivity index (χ3n) is 3.21. The summed E-state index contributed by atoms with van der Waals surface area (Å²) in [5.74, 6) is -1.60. The van der Waals surface area contributed by atoms with E-state index in [1.54, 1.807) is 0 Å². The van der Waals surface area contributed by atoms with Crippen LogP contribution >= 0.6 is 11.3 Å². The molecule has 0 saturated heterocycles. The zero-order valence-electron chi connectivity index (χ0n) is 13.6. The average Bonchev–Trinajstić information content (AvgIpc) is 2.96. The van der Waals surface area contributed by atoms with Gasteiger partial charge in [-0.1, -0.05) is 31.1 Å². The minimum Gasteiger partial charge on any atom is -0.326 e. The van der Waals surface area contributed by atoms with Crippen LogP contribution in [0, 0.1) is 5.82 Å². The van der Waals surface area contributed by atoms with Crippen LogP contribution in [0.3, 0.4) is 0 Å². The number of carbonyl (C=O) groups excluding carboxylic acids is 2. The molecule has 6 nitrogen and oxygen atoms in total. The van der Waals surface area contributed by atoms with Crippen molar-refractivity contribution in [1.82, 2.24) is 10.2 Å². The molecule has 0 unspecified atom stereocenters. The zero-order valence-corrected chi connectivity index (χ0v) is 14.4. The molecule has 2 aromatic rings. The first kappa shape index (κ1) is 18.0. The molecule has 1 aromatic carbocycles. The van der Waals surface area contributed by atoms with Crippen molar-refractivity contribution in [2.24, 2.45) is 0 Å². The second kappa shape index (κ2) is 8.49. The lowest BCUT2D eigenvalue weighted by Gasteiger charge is -2.06. The third kappa shape index (κ3) is 5.09. The van der Waals surface area contributed by atoms with Crippen molar-refractivity contribution in [3.63, 3.8) is 0 Å². The Kier molecular flexibility index (Phi) is 6.36. The van der Waals surface area contributed by atoms with Crippen LogP contribution in [-0.4, -0.2) is 22.0 Å². The van der Waals surface area contributed by atoms with Crippen LogP contribution in [-0.2, 0) is 11.2 Å². The molecule has 0 atom stereocenters. The van der Waals surface area contributed by atoms with Gasteiger partial charge in [-0.3, -0.25) is 14.9 Å². The molecule has 24 heavy (non-hydrogen) atoms. The number of nitrogens with one attached hydrogen (secondary N) is 2. The van der Waals surface area contributed by atoms with Gasteiger partial charge in [0.05, 0.1) is 5.56 Å². The van der Waals surface area contributed by atoms with Crippen LogP contribution in [0.1, 0.15) is 48.5 Å². The molecule has 8 heteroatoms. The van der Waals surface area contributed by atoms with E-state index in [1.807, 2.05) is 0 Å². The summed E-state index contributed by atoms with van der Waals surface area (Å²) in [6.45, 7) is 3.46. The summed E-state index contributed by atoms with van der Waals surface area (Å²) in [4.78, 5) is 23.3. The molecular weight excluding hydrogens is 331 g/mol. The third-order valence-corrected chi connectivity index (χ3v) is 4.11. The molecular formula is C16H19FN4O2S. The number of benzene rings is 1. The van der Waals surface area contributed by atoms with Gasteiger partial charge in [-0.25, -0.2) is 4.39 Å². The molecule has 1 aromatic heterocycles. The Balaban J connectivity index is 2.05. The highest BCUT2D eigenvalue weighted by Gasteiger charge is 2.15. The van der Waals surface area contributed by atoms with E-state index in [1.165, 1.54) is 30.4 Å². The lowest BCUT2D eigenvalue weighted by atomic mass is 10.1. The standard InChI is InChI=1S/C16H19FN4O2S/c1-3-4-5-6-14-20-21-16(24-14)19-15(23)12-9-11(18-10(2)22)7-8-13(12)17/h7-9H,3-6H2,1-2H3,(H,18,22)(H,19,21,23). The van der Waals surface area contributed by atoms with Gasteiger partial charge in [-0.05, 0) is 24.6 Å². The molecule has 0 aliphatic heterocycles. The maximum atomic E-state index is 13.9. The first-order valence-electron chi connectivity index (χ1n) is 7.70. The van der Waals surface area contributed by atoms with E-state index in [2.05, 4.69) is 27.8 Å². The number of anilines is 2. The van der Waals surface area contributed by atoms with Crippen molar-refractivity contribution >= 4 is 34.0 Å². The van der Waals surface area contributed by atoms with Crippen LogP contribution in [0.15, 0.2) is 18.2 Å². The largest absolute Gasteiger partial charge is 0.326 e. The molecule has 0 aliphatic rings. The van der Waals surface area contributed by atoms with Gasteiger partial charge < -0.3 is 5.32 Å². The number of carbonyl (C=O) groups is 2. The Morgan fingerprint density at radius 1 is 1.21 bits per heavy atom. The van der Waals surface area contributed by atoms with Gasteiger partial charge in [0.25, 0.3) is 5.91 Å². The number of hydrogen-bond donors (Lipinski definition) is 2. The number of aromatic nitrogens is 2. The van der Waals surface area contributed by atoms with Crippen LogP contribution in [0.25, 0.3) is 0 Å². The normalized spacial score (nSPS) is 10.5. The molecule has 1 heterocycles. The number of rotatable bonds is 7. The summed E-state index contributed by atoms with van der Waals surface area (Å²) < 4.78 is 13.9. The molecule has 0 aliphatic carbocycles. The predicted molar refractivity (Wildman–Crippen MR) is 91.8 cm³/mol. The smallest absolute Gasteiger partial charge is 0.260 e. The first-order chi connectivity index (χ1) is 11.5. The summed E-state index contributed by atoms with van der Waals surface area (Å²) >= 11 is 1.28. The fourth-order valence-electron chi connectivity index (χ4n) is 2.08. The Morgan fingerprint density at radius 3 is 2.71 bits per heavy atom. The van der Waals surface area contributed by atoms with Crippen LogP contribution in [0.2, 0.25) is 0 Å².